The molecule has 0 atom stereocenters. The zero-order valence-electron chi connectivity index (χ0n) is 14.1. The van der Waals surface area contributed by atoms with E-state index in [2.05, 4.69) is 20.5 Å². The number of anilines is 1. The minimum atomic E-state index is -0.202. The number of amides is 1. The number of benzene rings is 2. The molecular weight excluding hydrogens is 407 g/mol. The molecule has 1 aromatic heterocycles. The van der Waals surface area contributed by atoms with Gasteiger partial charge in [0.05, 0.1) is 10.8 Å². The van der Waals surface area contributed by atoms with Gasteiger partial charge in [0.15, 0.2) is 11.6 Å². The minimum absolute atomic E-state index is 0.0235. The quantitative estimate of drug-likeness (QED) is 0.445. The van der Waals surface area contributed by atoms with Crippen molar-refractivity contribution < 1.29 is 9.59 Å². The van der Waals surface area contributed by atoms with Crippen LogP contribution in [0.2, 0.25) is 10.0 Å². The molecule has 0 fully saturated rings. The maximum absolute atomic E-state index is 12.1. The fourth-order valence-electron chi connectivity index (χ4n) is 2.23. The fraction of sp³-hybridized carbons (Fsp3) is 0.111. The maximum Gasteiger partial charge on any atom is 0.234 e. The van der Waals surface area contributed by atoms with Crippen molar-refractivity contribution in [3.05, 3.63) is 58.1 Å². The van der Waals surface area contributed by atoms with Crippen LogP contribution >= 0.6 is 35.0 Å². The van der Waals surface area contributed by atoms with Crippen LogP contribution in [0.25, 0.3) is 11.4 Å². The molecule has 0 saturated carbocycles. The number of carbonyl (C=O) groups is 2. The number of Topliss-reactive ketones (excluding diaryl/α,β-unsaturated/α-hetero) is 1. The SMILES string of the molecule is CC(=O)c1ccc(NC(=O)CSc2n[nH]c(-c3ccc(Cl)cc3Cl)n2)cc1. The van der Waals surface area contributed by atoms with Gasteiger partial charge in [0.1, 0.15) is 0 Å². The van der Waals surface area contributed by atoms with Gasteiger partial charge < -0.3 is 5.32 Å². The Kier molecular flexibility index (Phi) is 6.15. The number of hydrogen-bond donors (Lipinski definition) is 2. The Morgan fingerprint density at radius 3 is 2.56 bits per heavy atom. The van der Waals surface area contributed by atoms with Crippen LogP contribution in [0.1, 0.15) is 17.3 Å². The van der Waals surface area contributed by atoms with Crippen molar-refractivity contribution in [2.24, 2.45) is 0 Å². The second-order valence-electron chi connectivity index (χ2n) is 5.56. The average molecular weight is 421 g/mol. The van der Waals surface area contributed by atoms with Crippen molar-refractivity contribution in [3.8, 4) is 11.4 Å². The molecule has 27 heavy (non-hydrogen) atoms. The van der Waals surface area contributed by atoms with Gasteiger partial charge in [-0.05, 0) is 49.4 Å². The standard InChI is InChI=1S/C18H14Cl2N4O2S/c1-10(25)11-2-5-13(6-3-11)21-16(26)9-27-18-22-17(23-24-18)14-7-4-12(19)8-15(14)20/h2-8H,9H2,1H3,(H,21,26)(H,22,23,24). The number of hydrogen-bond acceptors (Lipinski definition) is 5. The summed E-state index contributed by atoms with van der Waals surface area (Å²) in [5, 5.41) is 11.1. The molecule has 0 saturated heterocycles. The average Bonchev–Trinajstić information content (AvgIpc) is 3.09. The number of carbonyl (C=O) groups excluding carboxylic acids is 2. The van der Waals surface area contributed by atoms with E-state index < -0.39 is 0 Å². The molecular formula is C18H14Cl2N4O2S. The van der Waals surface area contributed by atoms with Crippen LogP contribution in [0.4, 0.5) is 5.69 Å². The van der Waals surface area contributed by atoms with E-state index in [9.17, 15) is 9.59 Å². The number of nitrogens with one attached hydrogen (secondary N) is 2. The Hall–Kier alpha value is -2.35. The minimum Gasteiger partial charge on any atom is -0.325 e. The number of halogens is 2. The molecule has 0 aliphatic heterocycles. The molecule has 6 nitrogen and oxygen atoms in total. The fourth-order valence-corrected chi connectivity index (χ4v) is 3.32. The van der Waals surface area contributed by atoms with Crippen molar-refractivity contribution in [2.45, 2.75) is 12.1 Å². The molecule has 0 aliphatic rings. The summed E-state index contributed by atoms with van der Waals surface area (Å²) < 4.78 is 0. The van der Waals surface area contributed by atoms with E-state index in [0.717, 1.165) is 0 Å². The summed E-state index contributed by atoms with van der Waals surface area (Å²) in [6, 6.07) is 11.8. The van der Waals surface area contributed by atoms with Crippen molar-refractivity contribution >= 4 is 52.3 Å². The van der Waals surface area contributed by atoms with Crippen LogP contribution in [-0.4, -0.2) is 32.6 Å². The van der Waals surface area contributed by atoms with Gasteiger partial charge in [0.25, 0.3) is 0 Å². The van der Waals surface area contributed by atoms with Crippen LogP contribution in [0.15, 0.2) is 47.6 Å². The van der Waals surface area contributed by atoms with Crippen LogP contribution in [-0.2, 0) is 4.79 Å². The second kappa shape index (κ2) is 8.56. The smallest absolute Gasteiger partial charge is 0.234 e. The Morgan fingerprint density at radius 1 is 1.15 bits per heavy atom. The summed E-state index contributed by atoms with van der Waals surface area (Å²) >= 11 is 13.2. The van der Waals surface area contributed by atoms with E-state index in [0.29, 0.717) is 37.8 Å². The summed E-state index contributed by atoms with van der Waals surface area (Å²) in [6.07, 6.45) is 0. The van der Waals surface area contributed by atoms with Gasteiger partial charge in [0.2, 0.25) is 11.1 Å². The first-order valence-corrected chi connectivity index (χ1v) is 9.58. The molecule has 3 rings (SSSR count). The molecule has 138 valence electrons. The molecule has 0 spiro atoms. The highest BCUT2D eigenvalue weighted by Gasteiger charge is 2.12. The van der Waals surface area contributed by atoms with Gasteiger partial charge in [-0.25, -0.2) is 4.98 Å². The number of thioether (sulfide) groups is 1. The van der Waals surface area contributed by atoms with Gasteiger partial charge in [0, 0.05) is 21.8 Å². The number of aromatic amines is 1. The number of H-pyrrole nitrogens is 1. The van der Waals surface area contributed by atoms with Crippen molar-refractivity contribution in [1.29, 1.82) is 0 Å². The Morgan fingerprint density at radius 2 is 1.89 bits per heavy atom. The Balaban J connectivity index is 1.58. The van der Waals surface area contributed by atoms with E-state index in [4.69, 9.17) is 23.2 Å². The third kappa shape index (κ3) is 5.09. The zero-order valence-corrected chi connectivity index (χ0v) is 16.5. The molecule has 0 aliphatic carbocycles. The first-order valence-electron chi connectivity index (χ1n) is 7.84. The van der Waals surface area contributed by atoms with Crippen LogP contribution in [0.5, 0.6) is 0 Å². The summed E-state index contributed by atoms with van der Waals surface area (Å²) in [6.45, 7) is 1.49. The summed E-state index contributed by atoms with van der Waals surface area (Å²) in [7, 11) is 0. The monoisotopic (exact) mass is 420 g/mol. The topological polar surface area (TPSA) is 87.7 Å². The lowest BCUT2D eigenvalue weighted by Gasteiger charge is -2.04. The molecule has 9 heteroatoms. The zero-order chi connectivity index (χ0) is 19.4. The molecule has 0 unspecified atom stereocenters. The van der Waals surface area contributed by atoms with E-state index in [1.54, 1.807) is 42.5 Å². The summed E-state index contributed by atoms with van der Waals surface area (Å²) in [5.74, 6) is 0.413. The third-order valence-corrected chi connectivity index (χ3v) is 4.95. The first-order chi connectivity index (χ1) is 12.9. The highest BCUT2D eigenvalue weighted by atomic mass is 35.5. The van der Waals surface area contributed by atoms with Crippen LogP contribution < -0.4 is 5.32 Å². The molecule has 2 aromatic carbocycles. The Bertz CT molecular complexity index is 989. The van der Waals surface area contributed by atoms with Gasteiger partial charge >= 0.3 is 0 Å². The molecule has 1 heterocycles. The lowest BCUT2D eigenvalue weighted by atomic mass is 10.1. The van der Waals surface area contributed by atoms with E-state index >= 15 is 0 Å². The van der Waals surface area contributed by atoms with E-state index in [1.807, 2.05) is 0 Å². The van der Waals surface area contributed by atoms with Gasteiger partial charge in [-0.15, -0.1) is 5.10 Å². The maximum atomic E-state index is 12.1. The molecule has 3 aromatic rings. The highest BCUT2D eigenvalue weighted by molar-refractivity contribution is 7.99. The van der Waals surface area contributed by atoms with E-state index in [1.165, 1.54) is 18.7 Å². The predicted molar refractivity (Wildman–Crippen MR) is 108 cm³/mol. The van der Waals surface area contributed by atoms with Crippen LogP contribution in [0, 0.1) is 0 Å². The largest absolute Gasteiger partial charge is 0.325 e. The number of rotatable bonds is 6. The molecule has 2 N–H and O–H groups in total. The highest BCUT2D eigenvalue weighted by Crippen LogP contribution is 2.29. The van der Waals surface area contributed by atoms with Gasteiger partial charge in [-0.1, -0.05) is 35.0 Å². The lowest BCUT2D eigenvalue weighted by molar-refractivity contribution is -0.113. The van der Waals surface area contributed by atoms with Crippen molar-refractivity contribution in [2.75, 3.05) is 11.1 Å². The van der Waals surface area contributed by atoms with E-state index in [-0.39, 0.29) is 17.4 Å². The van der Waals surface area contributed by atoms with Gasteiger partial charge in [-0.2, -0.15) is 0 Å². The Labute approximate surface area is 169 Å². The summed E-state index contributed by atoms with van der Waals surface area (Å²) in [5.41, 5.74) is 1.89. The lowest BCUT2D eigenvalue weighted by Crippen LogP contribution is -2.14. The molecule has 1 amide bonds. The normalized spacial score (nSPS) is 10.6. The number of ketones is 1. The second-order valence-corrected chi connectivity index (χ2v) is 7.35. The van der Waals surface area contributed by atoms with Crippen molar-refractivity contribution in [1.82, 2.24) is 15.2 Å². The number of aromatic nitrogens is 3. The molecule has 0 bridgehead atoms. The summed E-state index contributed by atoms with van der Waals surface area (Å²) in [4.78, 5) is 27.7. The first kappa shape index (κ1) is 19.4. The van der Waals surface area contributed by atoms with Gasteiger partial charge in [-0.3, -0.25) is 14.7 Å². The number of nitrogens with zero attached hydrogens (tertiary/aromatic N) is 2. The van der Waals surface area contributed by atoms with Crippen molar-refractivity contribution in [3.63, 3.8) is 0 Å². The molecule has 0 radical (unpaired) electrons. The van der Waals surface area contributed by atoms with Crippen LogP contribution in [0.3, 0.4) is 0 Å². The third-order valence-electron chi connectivity index (χ3n) is 3.56. The predicted octanol–water partition coefficient (Wildman–Crippen LogP) is 4.71.